The molecule has 1 N–H and O–H groups in total. The molecule has 0 aliphatic rings. The van der Waals surface area contributed by atoms with Gasteiger partial charge in [0.25, 0.3) is 0 Å². The van der Waals surface area contributed by atoms with E-state index in [4.69, 9.17) is 11.6 Å². The fraction of sp³-hybridized carbons (Fsp3) is 1.00. The minimum Gasteiger partial charge on any atom is -0.213 e. The van der Waals surface area contributed by atoms with E-state index >= 15 is 0 Å². The minimum atomic E-state index is -3.11. The van der Waals surface area contributed by atoms with Gasteiger partial charge >= 0.3 is 0 Å². The van der Waals surface area contributed by atoms with E-state index in [1.54, 1.807) is 6.92 Å². The third kappa shape index (κ3) is 5.47. The van der Waals surface area contributed by atoms with Crippen LogP contribution in [-0.2, 0) is 10.0 Å². The summed E-state index contributed by atoms with van der Waals surface area (Å²) < 4.78 is 23.8. The molecule has 2 unspecified atom stereocenters. The van der Waals surface area contributed by atoms with Crippen molar-refractivity contribution >= 4 is 21.6 Å². The molecule has 0 rings (SSSR count). The van der Waals surface area contributed by atoms with E-state index in [1.807, 2.05) is 6.92 Å². The maximum atomic E-state index is 10.7. The number of alkyl halides is 1. The topological polar surface area (TPSA) is 46.2 Å². The van der Waals surface area contributed by atoms with Crippen molar-refractivity contribution in [2.24, 2.45) is 0 Å². The van der Waals surface area contributed by atoms with E-state index in [1.165, 1.54) is 0 Å². The van der Waals surface area contributed by atoms with Crippen molar-refractivity contribution in [2.45, 2.75) is 31.7 Å². The molecule has 0 aromatic heterocycles. The van der Waals surface area contributed by atoms with Gasteiger partial charge < -0.3 is 0 Å². The average Bonchev–Trinajstić information content (AvgIpc) is 1.82. The summed E-state index contributed by atoms with van der Waals surface area (Å²) >= 11 is 5.79. The molecule has 0 heterocycles. The van der Waals surface area contributed by atoms with E-state index < -0.39 is 10.0 Å². The number of sulfonamides is 1. The van der Waals surface area contributed by atoms with Crippen molar-refractivity contribution in [3.05, 3.63) is 0 Å². The predicted molar refractivity (Wildman–Crippen MR) is 47.4 cm³/mol. The summed E-state index contributed by atoms with van der Waals surface area (Å²) in [6, 6.07) is -0.198. The Morgan fingerprint density at radius 2 is 2.00 bits per heavy atom. The number of hydrogen-bond acceptors (Lipinski definition) is 2. The Balaban J connectivity index is 3.98. The first kappa shape index (κ1) is 11.2. The van der Waals surface area contributed by atoms with Gasteiger partial charge in [0.15, 0.2) is 0 Å². The standard InChI is InChI=1S/C6H14ClNO2S/c1-4-6(7)5(2)8-11(3,9)10/h5-6,8H,4H2,1-3H3. The van der Waals surface area contributed by atoms with Crippen LogP contribution in [0, 0.1) is 0 Å². The lowest BCUT2D eigenvalue weighted by Gasteiger charge is -2.16. The molecule has 2 atom stereocenters. The van der Waals surface area contributed by atoms with Crippen molar-refractivity contribution in [3.8, 4) is 0 Å². The monoisotopic (exact) mass is 199 g/mol. The first-order chi connectivity index (χ1) is 4.87. The van der Waals surface area contributed by atoms with Crippen LogP contribution in [0.1, 0.15) is 20.3 Å². The van der Waals surface area contributed by atoms with Crippen molar-refractivity contribution in [3.63, 3.8) is 0 Å². The molecule has 0 saturated heterocycles. The smallest absolute Gasteiger partial charge is 0.208 e. The highest BCUT2D eigenvalue weighted by molar-refractivity contribution is 7.88. The second kappa shape index (κ2) is 4.28. The summed E-state index contributed by atoms with van der Waals surface area (Å²) in [6.45, 7) is 3.67. The van der Waals surface area contributed by atoms with Gasteiger partial charge in [0.2, 0.25) is 10.0 Å². The lowest BCUT2D eigenvalue weighted by molar-refractivity contribution is 0.552. The van der Waals surface area contributed by atoms with Crippen LogP contribution >= 0.6 is 11.6 Å². The largest absolute Gasteiger partial charge is 0.213 e. The summed E-state index contributed by atoms with van der Waals surface area (Å²) in [5, 5.41) is -0.135. The zero-order valence-corrected chi connectivity index (χ0v) is 8.54. The Morgan fingerprint density at radius 3 is 2.27 bits per heavy atom. The molecule has 0 aromatic rings. The first-order valence-electron chi connectivity index (χ1n) is 3.48. The van der Waals surface area contributed by atoms with Gasteiger partial charge in [-0.25, -0.2) is 13.1 Å². The predicted octanol–water partition coefficient (Wildman–Crippen LogP) is 0.942. The molecule has 0 amide bonds. The molecule has 3 nitrogen and oxygen atoms in total. The van der Waals surface area contributed by atoms with Crippen LogP contribution in [0.2, 0.25) is 0 Å². The van der Waals surface area contributed by atoms with Crippen LogP contribution < -0.4 is 4.72 Å². The summed E-state index contributed by atoms with van der Waals surface area (Å²) in [6.07, 6.45) is 1.88. The Hall–Kier alpha value is 0.200. The third-order valence-corrected chi connectivity index (χ3v) is 2.82. The van der Waals surface area contributed by atoms with Crippen LogP contribution in [0.4, 0.5) is 0 Å². The molecular formula is C6H14ClNO2S. The quantitative estimate of drug-likeness (QED) is 0.686. The maximum absolute atomic E-state index is 10.7. The molecule has 0 aromatic carbocycles. The second-order valence-electron chi connectivity index (χ2n) is 2.60. The van der Waals surface area contributed by atoms with Gasteiger partial charge in [-0.15, -0.1) is 11.6 Å². The van der Waals surface area contributed by atoms with Crippen LogP contribution in [-0.4, -0.2) is 26.1 Å². The Kier molecular flexibility index (Phi) is 4.36. The number of nitrogens with one attached hydrogen (secondary N) is 1. The molecule has 11 heavy (non-hydrogen) atoms. The summed E-state index contributed by atoms with van der Waals surface area (Å²) in [5.41, 5.74) is 0. The molecular weight excluding hydrogens is 186 g/mol. The van der Waals surface area contributed by atoms with Crippen LogP contribution in [0.5, 0.6) is 0 Å². The fourth-order valence-corrected chi connectivity index (χ4v) is 1.74. The first-order valence-corrected chi connectivity index (χ1v) is 5.81. The van der Waals surface area contributed by atoms with Gasteiger partial charge in [0.1, 0.15) is 0 Å². The minimum absolute atomic E-state index is 0.135. The van der Waals surface area contributed by atoms with Crippen molar-refractivity contribution in [1.82, 2.24) is 4.72 Å². The normalized spacial score (nSPS) is 17.8. The number of hydrogen-bond donors (Lipinski definition) is 1. The highest BCUT2D eigenvalue weighted by Crippen LogP contribution is 2.06. The zero-order chi connectivity index (χ0) is 9.07. The van der Waals surface area contributed by atoms with Crippen LogP contribution in [0.15, 0.2) is 0 Å². The Bertz CT molecular complexity index is 203. The third-order valence-electron chi connectivity index (χ3n) is 1.33. The highest BCUT2D eigenvalue weighted by Gasteiger charge is 2.15. The van der Waals surface area contributed by atoms with E-state index in [0.717, 1.165) is 12.7 Å². The van der Waals surface area contributed by atoms with Gasteiger partial charge in [0, 0.05) is 11.4 Å². The van der Waals surface area contributed by atoms with Gasteiger partial charge in [-0.2, -0.15) is 0 Å². The van der Waals surface area contributed by atoms with Crippen LogP contribution in [0.3, 0.4) is 0 Å². The fourth-order valence-electron chi connectivity index (χ4n) is 0.765. The lowest BCUT2D eigenvalue weighted by atomic mass is 10.2. The lowest BCUT2D eigenvalue weighted by Crippen LogP contribution is -2.37. The summed E-state index contributed by atoms with van der Waals surface area (Å²) in [4.78, 5) is 0. The van der Waals surface area contributed by atoms with Gasteiger partial charge in [0.05, 0.1) is 6.26 Å². The zero-order valence-electron chi connectivity index (χ0n) is 6.96. The second-order valence-corrected chi connectivity index (χ2v) is 4.94. The molecule has 68 valence electrons. The number of halogens is 1. The maximum Gasteiger partial charge on any atom is 0.208 e. The van der Waals surface area contributed by atoms with E-state index in [0.29, 0.717) is 0 Å². The molecule has 0 aliphatic heterocycles. The molecule has 0 bridgehead atoms. The summed E-state index contributed by atoms with van der Waals surface area (Å²) in [7, 11) is -3.11. The number of rotatable bonds is 4. The van der Waals surface area contributed by atoms with Gasteiger partial charge in [-0.05, 0) is 13.3 Å². The van der Waals surface area contributed by atoms with Crippen molar-refractivity contribution < 1.29 is 8.42 Å². The van der Waals surface area contributed by atoms with E-state index in [2.05, 4.69) is 4.72 Å². The van der Waals surface area contributed by atoms with Crippen molar-refractivity contribution in [2.75, 3.05) is 6.26 Å². The highest BCUT2D eigenvalue weighted by atomic mass is 35.5. The molecule has 0 fully saturated rings. The SMILES string of the molecule is CCC(Cl)C(C)NS(C)(=O)=O. The van der Waals surface area contributed by atoms with E-state index in [-0.39, 0.29) is 11.4 Å². The molecule has 0 spiro atoms. The van der Waals surface area contributed by atoms with Crippen LogP contribution in [0.25, 0.3) is 0 Å². The molecule has 0 radical (unpaired) electrons. The van der Waals surface area contributed by atoms with Crippen molar-refractivity contribution in [1.29, 1.82) is 0 Å². The summed E-state index contributed by atoms with van der Waals surface area (Å²) in [5.74, 6) is 0. The Morgan fingerprint density at radius 1 is 1.55 bits per heavy atom. The van der Waals surface area contributed by atoms with Gasteiger partial charge in [-0.3, -0.25) is 0 Å². The molecule has 5 heteroatoms. The van der Waals surface area contributed by atoms with Gasteiger partial charge in [-0.1, -0.05) is 6.92 Å². The molecule has 0 aliphatic carbocycles. The Labute approximate surface area is 73.2 Å². The van der Waals surface area contributed by atoms with E-state index in [9.17, 15) is 8.42 Å². The molecule has 0 saturated carbocycles. The average molecular weight is 200 g/mol.